The summed E-state index contributed by atoms with van der Waals surface area (Å²) in [6.45, 7) is 4.93. The highest BCUT2D eigenvalue weighted by atomic mass is 15.2. The smallest absolute Gasteiger partial charge is 0.0288 e. The molecule has 2 atom stereocenters. The predicted molar refractivity (Wildman–Crippen MR) is 94.8 cm³/mol. The number of benzene rings is 1. The maximum absolute atomic E-state index is 3.80. The number of unbranched alkanes of at least 4 members (excludes halogenated alkanes) is 3. The molecule has 1 saturated heterocycles. The minimum atomic E-state index is 0.696. The molecular weight excluding hydrogens is 266 g/mol. The van der Waals surface area contributed by atoms with E-state index < -0.39 is 0 Å². The van der Waals surface area contributed by atoms with Gasteiger partial charge in [0.05, 0.1) is 0 Å². The molecule has 3 rings (SSSR count). The van der Waals surface area contributed by atoms with Crippen LogP contribution in [0, 0.1) is 0 Å². The molecule has 0 amide bonds. The quantitative estimate of drug-likeness (QED) is 0.453. The van der Waals surface area contributed by atoms with Gasteiger partial charge in [-0.2, -0.15) is 0 Å². The molecule has 0 spiro atoms. The third-order valence-corrected chi connectivity index (χ3v) is 5.23. The first-order chi connectivity index (χ1) is 10.9. The number of hydrogen-bond acceptors (Lipinski definition) is 1. The summed E-state index contributed by atoms with van der Waals surface area (Å²) >= 11 is 0. The average Bonchev–Trinajstić information content (AvgIpc) is 2.78. The number of hydrogen-bond donors (Lipinski definition) is 0. The molecule has 0 aliphatic carbocycles. The molecule has 0 radical (unpaired) electrons. The van der Waals surface area contributed by atoms with Gasteiger partial charge in [0.15, 0.2) is 0 Å². The third-order valence-electron chi connectivity index (χ3n) is 5.23. The van der Waals surface area contributed by atoms with Crippen molar-refractivity contribution in [1.29, 1.82) is 0 Å². The Hall–Kier alpha value is -1.34. The molecule has 2 aliphatic heterocycles. The van der Waals surface area contributed by atoms with Gasteiger partial charge in [-0.15, -0.1) is 6.58 Å². The molecule has 2 aliphatic rings. The summed E-state index contributed by atoms with van der Waals surface area (Å²) < 4.78 is 0. The average molecular weight is 295 g/mol. The predicted octanol–water partition coefficient (Wildman–Crippen LogP) is 5.49. The van der Waals surface area contributed by atoms with Crippen LogP contribution in [0.4, 0.5) is 0 Å². The Morgan fingerprint density at radius 1 is 1.09 bits per heavy atom. The van der Waals surface area contributed by atoms with E-state index in [2.05, 4.69) is 47.9 Å². The Labute approximate surface area is 135 Å². The lowest BCUT2D eigenvalue weighted by Gasteiger charge is -2.34. The van der Waals surface area contributed by atoms with Gasteiger partial charge < -0.3 is 0 Å². The Morgan fingerprint density at radius 3 is 2.73 bits per heavy atom. The lowest BCUT2D eigenvalue weighted by Crippen LogP contribution is -2.37. The van der Waals surface area contributed by atoms with Crippen molar-refractivity contribution in [3.8, 4) is 0 Å². The van der Waals surface area contributed by atoms with Crippen LogP contribution in [-0.2, 0) is 6.54 Å². The zero-order chi connectivity index (χ0) is 15.2. The van der Waals surface area contributed by atoms with Crippen molar-refractivity contribution >= 4 is 0 Å². The molecule has 22 heavy (non-hydrogen) atoms. The summed E-state index contributed by atoms with van der Waals surface area (Å²) in [6.07, 6.45) is 15.2. The molecule has 118 valence electrons. The molecule has 1 aromatic rings. The summed E-state index contributed by atoms with van der Waals surface area (Å²) in [4.78, 5) is 2.73. The molecule has 1 aromatic carbocycles. The largest absolute Gasteiger partial charge is 0.289 e. The molecule has 2 bridgehead atoms. The van der Waals surface area contributed by atoms with Crippen LogP contribution >= 0.6 is 0 Å². The van der Waals surface area contributed by atoms with Crippen LogP contribution in [-0.4, -0.2) is 17.0 Å². The first-order valence-electron chi connectivity index (χ1n) is 8.97. The van der Waals surface area contributed by atoms with Crippen LogP contribution < -0.4 is 0 Å². The molecule has 1 fully saturated rings. The maximum Gasteiger partial charge on any atom is 0.0288 e. The molecule has 0 saturated carbocycles. The summed E-state index contributed by atoms with van der Waals surface area (Å²) in [5.41, 5.74) is 3.19. The first-order valence-corrected chi connectivity index (χ1v) is 8.97. The highest BCUT2D eigenvalue weighted by Crippen LogP contribution is 2.37. The monoisotopic (exact) mass is 295 g/mol. The van der Waals surface area contributed by atoms with E-state index in [1.165, 1.54) is 56.9 Å². The van der Waals surface area contributed by atoms with E-state index in [1.54, 1.807) is 5.57 Å². The number of fused-ring (bicyclic) bond motifs is 2. The standard InChI is InChI=1S/C21H29N/c1-2-3-4-5-7-12-19-15-20-13-14-21(16-19)22(20)17-18-10-8-6-9-11-18/h2,6,8-11,15,20-21H,1,3-5,7,12-14,16-17H2. The van der Waals surface area contributed by atoms with Gasteiger partial charge in [0.2, 0.25) is 0 Å². The summed E-state index contributed by atoms with van der Waals surface area (Å²) in [5.74, 6) is 0. The Bertz CT molecular complexity index is 502. The van der Waals surface area contributed by atoms with Crippen LogP contribution in [0.1, 0.15) is 56.9 Å². The Balaban J connectivity index is 1.52. The fourth-order valence-corrected chi connectivity index (χ4v) is 4.05. The van der Waals surface area contributed by atoms with Crippen LogP contribution in [0.3, 0.4) is 0 Å². The number of rotatable bonds is 8. The summed E-state index contributed by atoms with van der Waals surface area (Å²) in [7, 11) is 0. The van der Waals surface area contributed by atoms with Crippen molar-refractivity contribution in [2.45, 2.75) is 70.0 Å². The van der Waals surface area contributed by atoms with E-state index in [1.807, 2.05) is 6.08 Å². The number of allylic oxidation sites excluding steroid dienone is 1. The SMILES string of the molecule is C=CCCCCCC1=CC2CCC(C1)N2Cc1ccccc1. The van der Waals surface area contributed by atoms with E-state index in [0.717, 1.165) is 12.6 Å². The normalized spacial score (nSPS) is 24.3. The van der Waals surface area contributed by atoms with E-state index in [9.17, 15) is 0 Å². The molecule has 1 heteroatoms. The van der Waals surface area contributed by atoms with Crippen molar-refractivity contribution < 1.29 is 0 Å². The van der Waals surface area contributed by atoms with Gasteiger partial charge in [-0.1, -0.05) is 54.5 Å². The minimum Gasteiger partial charge on any atom is -0.289 e. The van der Waals surface area contributed by atoms with Crippen molar-refractivity contribution in [1.82, 2.24) is 4.90 Å². The topological polar surface area (TPSA) is 3.24 Å². The summed E-state index contributed by atoms with van der Waals surface area (Å²) in [6, 6.07) is 12.4. The zero-order valence-electron chi connectivity index (χ0n) is 13.7. The molecular formula is C21H29N. The van der Waals surface area contributed by atoms with E-state index in [0.29, 0.717) is 6.04 Å². The van der Waals surface area contributed by atoms with Gasteiger partial charge in [-0.25, -0.2) is 0 Å². The molecule has 0 aromatic heterocycles. The van der Waals surface area contributed by atoms with E-state index >= 15 is 0 Å². The van der Waals surface area contributed by atoms with Crippen molar-refractivity contribution in [2.24, 2.45) is 0 Å². The number of nitrogens with zero attached hydrogens (tertiary/aromatic N) is 1. The van der Waals surface area contributed by atoms with Crippen LogP contribution in [0.25, 0.3) is 0 Å². The van der Waals surface area contributed by atoms with Crippen molar-refractivity contribution in [2.75, 3.05) is 0 Å². The first kappa shape index (κ1) is 15.6. The van der Waals surface area contributed by atoms with Gasteiger partial charge in [-0.05, 0) is 50.5 Å². The van der Waals surface area contributed by atoms with Crippen LogP contribution in [0.15, 0.2) is 54.6 Å². The van der Waals surface area contributed by atoms with E-state index in [-0.39, 0.29) is 0 Å². The second-order valence-corrected chi connectivity index (χ2v) is 6.87. The second kappa shape index (κ2) is 7.78. The fourth-order valence-electron chi connectivity index (χ4n) is 4.05. The van der Waals surface area contributed by atoms with Gasteiger partial charge in [0, 0.05) is 18.6 Å². The Kier molecular flexibility index (Phi) is 5.50. The highest BCUT2D eigenvalue weighted by Gasteiger charge is 2.35. The Morgan fingerprint density at radius 2 is 1.95 bits per heavy atom. The highest BCUT2D eigenvalue weighted by molar-refractivity contribution is 5.21. The molecule has 0 N–H and O–H groups in total. The van der Waals surface area contributed by atoms with Gasteiger partial charge in [0.25, 0.3) is 0 Å². The van der Waals surface area contributed by atoms with Crippen molar-refractivity contribution in [3.63, 3.8) is 0 Å². The molecule has 2 unspecified atom stereocenters. The zero-order valence-corrected chi connectivity index (χ0v) is 13.7. The lowest BCUT2D eigenvalue weighted by molar-refractivity contribution is 0.194. The van der Waals surface area contributed by atoms with Crippen LogP contribution in [0.2, 0.25) is 0 Å². The maximum atomic E-state index is 3.80. The minimum absolute atomic E-state index is 0.696. The van der Waals surface area contributed by atoms with Gasteiger partial charge in [0.1, 0.15) is 0 Å². The van der Waals surface area contributed by atoms with Crippen LogP contribution in [0.5, 0.6) is 0 Å². The molecule has 1 nitrogen and oxygen atoms in total. The summed E-state index contributed by atoms with van der Waals surface area (Å²) in [5, 5.41) is 0. The van der Waals surface area contributed by atoms with Gasteiger partial charge in [-0.3, -0.25) is 4.90 Å². The third kappa shape index (κ3) is 3.89. The second-order valence-electron chi connectivity index (χ2n) is 6.87. The van der Waals surface area contributed by atoms with Gasteiger partial charge >= 0.3 is 0 Å². The lowest BCUT2D eigenvalue weighted by atomic mass is 9.95. The fraction of sp³-hybridized carbons (Fsp3) is 0.524. The van der Waals surface area contributed by atoms with E-state index in [4.69, 9.17) is 0 Å². The van der Waals surface area contributed by atoms with Crippen molar-refractivity contribution in [3.05, 3.63) is 60.2 Å². The molecule has 2 heterocycles.